The van der Waals surface area contributed by atoms with Gasteiger partial charge in [0.2, 0.25) is 0 Å². The Labute approximate surface area is 87.1 Å². The SMILES string of the molecule is CN[C@@]1(C)[C@@H](CO)C[C@H]2C[C@@H]1C2(C)C. The lowest BCUT2D eigenvalue weighted by Crippen LogP contribution is -2.69. The van der Waals surface area contributed by atoms with E-state index in [1.54, 1.807) is 0 Å². The zero-order valence-electron chi connectivity index (χ0n) is 9.80. The molecule has 3 fully saturated rings. The summed E-state index contributed by atoms with van der Waals surface area (Å²) >= 11 is 0. The standard InChI is InChI=1S/C12H23NO/c1-11(2)8-5-9(7-14)12(3,13-4)10(11)6-8/h8-10,13-14H,5-7H2,1-4H3/t8-,9+,10+,12-/m0/s1. The van der Waals surface area contributed by atoms with E-state index in [-0.39, 0.29) is 5.54 Å². The summed E-state index contributed by atoms with van der Waals surface area (Å²) in [6.45, 7) is 7.39. The van der Waals surface area contributed by atoms with E-state index in [4.69, 9.17) is 0 Å². The first-order valence-electron chi connectivity index (χ1n) is 5.76. The Morgan fingerprint density at radius 3 is 2.36 bits per heavy atom. The van der Waals surface area contributed by atoms with Crippen molar-refractivity contribution in [1.29, 1.82) is 0 Å². The third-order valence-electron chi connectivity index (χ3n) is 5.37. The first-order chi connectivity index (χ1) is 6.46. The number of aliphatic hydroxyl groups is 1. The molecule has 3 rings (SSSR count). The van der Waals surface area contributed by atoms with Crippen LogP contribution in [0.3, 0.4) is 0 Å². The van der Waals surface area contributed by atoms with Gasteiger partial charge < -0.3 is 10.4 Å². The molecule has 0 aromatic rings. The van der Waals surface area contributed by atoms with E-state index in [0.29, 0.717) is 17.9 Å². The molecule has 2 bridgehead atoms. The Kier molecular flexibility index (Phi) is 2.20. The number of hydrogen-bond acceptors (Lipinski definition) is 2. The predicted molar refractivity (Wildman–Crippen MR) is 58.0 cm³/mol. The van der Waals surface area contributed by atoms with Gasteiger partial charge in [0.05, 0.1) is 0 Å². The van der Waals surface area contributed by atoms with E-state index >= 15 is 0 Å². The summed E-state index contributed by atoms with van der Waals surface area (Å²) in [5, 5.41) is 12.9. The second kappa shape index (κ2) is 2.96. The average molecular weight is 197 g/mol. The minimum atomic E-state index is 0.146. The van der Waals surface area contributed by atoms with E-state index < -0.39 is 0 Å². The minimum Gasteiger partial charge on any atom is -0.396 e. The fraction of sp³-hybridized carbons (Fsp3) is 1.00. The van der Waals surface area contributed by atoms with Crippen LogP contribution in [0.25, 0.3) is 0 Å². The second-order valence-corrected chi connectivity index (χ2v) is 5.95. The first kappa shape index (κ1) is 10.4. The largest absolute Gasteiger partial charge is 0.396 e. The average Bonchev–Trinajstić information content (AvgIpc) is 2.17. The second-order valence-electron chi connectivity index (χ2n) is 5.95. The Morgan fingerprint density at radius 1 is 1.29 bits per heavy atom. The molecule has 2 heteroatoms. The van der Waals surface area contributed by atoms with E-state index in [2.05, 4.69) is 26.1 Å². The molecule has 3 saturated carbocycles. The Hall–Kier alpha value is -0.0800. The number of aliphatic hydroxyl groups excluding tert-OH is 1. The van der Waals surface area contributed by atoms with Crippen LogP contribution in [0.2, 0.25) is 0 Å². The summed E-state index contributed by atoms with van der Waals surface area (Å²) in [6.07, 6.45) is 2.54. The predicted octanol–water partition coefficient (Wildman–Crippen LogP) is 1.64. The highest BCUT2D eigenvalue weighted by Gasteiger charge is 2.62. The zero-order chi connectivity index (χ0) is 10.6. The van der Waals surface area contributed by atoms with Gasteiger partial charge in [-0.1, -0.05) is 13.8 Å². The summed E-state index contributed by atoms with van der Waals surface area (Å²) < 4.78 is 0. The van der Waals surface area contributed by atoms with Gasteiger partial charge in [0.1, 0.15) is 0 Å². The van der Waals surface area contributed by atoms with Gasteiger partial charge in [0, 0.05) is 18.1 Å². The normalized spacial score (nSPS) is 49.9. The van der Waals surface area contributed by atoms with Gasteiger partial charge in [-0.3, -0.25) is 0 Å². The Balaban J connectivity index is 2.26. The summed E-state index contributed by atoms with van der Waals surface area (Å²) in [4.78, 5) is 0. The van der Waals surface area contributed by atoms with Crippen LogP contribution in [0.5, 0.6) is 0 Å². The molecule has 82 valence electrons. The summed E-state index contributed by atoms with van der Waals surface area (Å²) in [6, 6.07) is 0. The van der Waals surface area contributed by atoms with Crippen LogP contribution in [0.1, 0.15) is 33.6 Å². The van der Waals surface area contributed by atoms with Crippen LogP contribution in [0.4, 0.5) is 0 Å². The van der Waals surface area contributed by atoms with Crippen molar-refractivity contribution < 1.29 is 5.11 Å². The molecule has 0 aliphatic heterocycles. The third kappa shape index (κ3) is 1.04. The highest BCUT2D eigenvalue weighted by molar-refractivity contribution is 5.14. The van der Waals surface area contributed by atoms with Gasteiger partial charge in [-0.25, -0.2) is 0 Å². The van der Waals surface area contributed by atoms with Crippen LogP contribution < -0.4 is 5.32 Å². The van der Waals surface area contributed by atoms with Gasteiger partial charge >= 0.3 is 0 Å². The van der Waals surface area contributed by atoms with E-state index in [1.807, 2.05) is 7.05 Å². The molecule has 0 aromatic heterocycles. The number of rotatable bonds is 2. The van der Waals surface area contributed by atoms with Crippen molar-refractivity contribution in [2.75, 3.05) is 13.7 Å². The lowest BCUT2D eigenvalue weighted by atomic mass is 9.41. The topological polar surface area (TPSA) is 32.3 Å². The zero-order valence-corrected chi connectivity index (χ0v) is 9.80. The molecule has 0 unspecified atom stereocenters. The van der Waals surface area contributed by atoms with E-state index in [1.165, 1.54) is 12.8 Å². The third-order valence-corrected chi connectivity index (χ3v) is 5.37. The van der Waals surface area contributed by atoms with Crippen LogP contribution >= 0.6 is 0 Å². The van der Waals surface area contributed by atoms with Crippen molar-refractivity contribution in [3.05, 3.63) is 0 Å². The van der Waals surface area contributed by atoms with Crippen LogP contribution in [0, 0.1) is 23.2 Å². The highest BCUT2D eigenvalue weighted by Crippen LogP contribution is 2.64. The Bertz CT molecular complexity index is 238. The van der Waals surface area contributed by atoms with Gasteiger partial charge in [0.15, 0.2) is 0 Å². The molecule has 3 aliphatic rings. The molecule has 3 aliphatic carbocycles. The van der Waals surface area contributed by atoms with Crippen LogP contribution in [-0.2, 0) is 0 Å². The Morgan fingerprint density at radius 2 is 1.93 bits per heavy atom. The summed E-state index contributed by atoms with van der Waals surface area (Å²) in [5.41, 5.74) is 0.621. The molecule has 0 amide bonds. The van der Waals surface area contributed by atoms with Crippen molar-refractivity contribution in [3.8, 4) is 0 Å². The van der Waals surface area contributed by atoms with Crippen molar-refractivity contribution in [2.24, 2.45) is 23.2 Å². The van der Waals surface area contributed by atoms with Crippen molar-refractivity contribution in [2.45, 2.75) is 39.2 Å². The van der Waals surface area contributed by atoms with Crippen LogP contribution in [0.15, 0.2) is 0 Å². The van der Waals surface area contributed by atoms with Gasteiger partial charge in [-0.2, -0.15) is 0 Å². The maximum Gasteiger partial charge on any atom is 0.0477 e. The molecule has 0 aromatic carbocycles. The molecule has 0 heterocycles. The first-order valence-corrected chi connectivity index (χ1v) is 5.76. The molecule has 14 heavy (non-hydrogen) atoms. The number of fused-ring (bicyclic) bond motifs is 2. The molecule has 0 saturated heterocycles. The maximum absolute atomic E-state index is 9.43. The fourth-order valence-electron chi connectivity index (χ4n) is 3.95. The van der Waals surface area contributed by atoms with E-state index in [9.17, 15) is 5.11 Å². The lowest BCUT2D eigenvalue weighted by molar-refractivity contribution is -0.160. The number of hydrogen-bond donors (Lipinski definition) is 2. The fourth-order valence-corrected chi connectivity index (χ4v) is 3.95. The maximum atomic E-state index is 9.43. The molecule has 2 N–H and O–H groups in total. The molecule has 0 radical (unpaired) electrons. The molecule has 4 atom stereocenters. The van der Waals surface area contributed by atoms with Crippen LogP contribution in [-0.4, -0.2) is 24.3 Å². The highest BCUT2D eigenvalue weighted by atomic mass is 16.3. The van der Waals surface area contributed by atoms with Gasteiger partial charge in [-0.15, -0.1) is 0 Å². The van der Waals surface area contributed by atoms with Crippen molar-refractivity contribution in [3.63, 3.8) is 0 Å². The van der Waals surface area contributed by atoms with Gasteiger partial charge in [0.25, 0.3) is 0 Å². The molecular weight excluding hydrogens is 174 g/mol. The quantitative estimate of drug-likeness (QED) is 0.705. The summed E-state index contributed by atoms with van der Waals surface area (Å²) in [5.74, 6) is 2.02. The summed E-state index contributed by atoms with van der Waals surface area (Å²) in [7, 11) is 2.04. The number of nitrogens with one attached hydrogen (secondary N) is 1. The van der Waals surface area contributed by atoms with E-state index in [0.717, 1.165) is 11.8 Å². The minimum absolute atomic E-state index is 0.146. The molecule has 2 nitrogen and oxygen atoms in total. The van der Waals surface area contributed by atoms with Crippen molar-refractivity contribution in [1.82, 2.24) is 5.32 Å². The molecule has 0 spiro atoms. The smallest absolute Gasteiger partial charge is 0.0477 e. The van der Waals surface area contributed by atoms with Crippen molar-refractivity contribution >= 4 is 0 Å². The monoisotopic (exact) mass is 197 g/mol. The lowest BCUT2D eigenvalue weighted by Gasteiger charge is -2.67. The van der Waals surface area contributed by atoms with Gasteiger partial charge in [-0.05, 0) is 44.1 Å². The molecular formula is C12H23NO.